The van der Waals surface area contributed by atoms with Gasteiger partial charge in [-0.1, -0.05) is 85.6 Å². The number of aromatic nitrogens is 1. The molecule has 1 fully saturated rings. The van der Waals surface area contributed by atoms with Crippen molar-refractivity contribution in [3.8, 4) is 5.75 Å². The van der Waals surface area contributed by atoms with Crippen molar-refractivity contribution in [2.75, 3.05) is 20.2 Å². The molecule has 292 valence electrons. The number of hydrogen-bond acceptors (Lipinski definition) is 6. The second-order valence-corrected chi connectivity index (χ2v) is 14.4. The van der Waals surface area contributed by atoms with E-state index in [1.165, 1.54) is 0 Å². The first-order valence-electron chi connectivity index (χ1n) is 19.2. The minimum absolute atomic E-state index is 0.221. The van der Waals surface area contributed by atoms with Gasteiger partial charge in [-0.2, -0.15) is 0 Å². The van der Waals surface area contributed by atoms with E-state index in [2.05, 4.69) is 50.5 Å². The van der Waals surface area contributed by atoms with E-state index in [-0.39, 0.29) is 18.9 Å². The number of carbonyl (C=O) groups is 5. The van der Waals surface area contributed by atoms with Gasteiger partial charge in [-0.05, 0) is 71.3 Å². The molecule has 56 heavy (non-hydrogen) atoms. The predicted molar refractivity (Wildman–Crippen MR) is 214 cm³/mol. The highest BCUT2D eigenvalue weighted by Gasteiger charge is 2.39. The maximum atomic E-state index is 14.1. The molecule has 0 bridgehead atoms. The Kier molecular flexibility index (Phi) is 13.4. The van der Waals surface area contributed by atoms with E-state index in [4.69, 9.17) is 4.74 Å². The summed E-state index contributed by atoms with van der Waals surface area (Å²) in [6, 6.07) is 27.1. The average Bonchev–Trinajstić information content (AvgIpc) is 3.62. The van der Waals surface area contributed by atoms with Crippen LogP contribution < -0.4 is 26.0 Å². The van der Waals surface area contributed by atoms with Crippen LogP contribution in [-0.4, -0.2) is 72.0 Å². The largest absolute Gasteiger partial charge is 0.497 e. The predicted octanol–water partition coefficient (Wildman–Crippen LogP) is 4.84. The van der Waals surface area contributed by atoms with Crippen molar-refractivity contribution in [3.63, 3.8) is 0 Å². The molecule has 0 unspecified atom stereocenters. The summed E-state index contributed by atoms with van der Waals surface area (Å²) in [6.45, 7) is 0.590. The molecule has 0 spiro atoms. The lowest BCUT2D eigenvalue weighted by molar-refractivity contribution is -0.142. The van der Waals surface area contributed by atoms with E-state index in [1.54, 1.807) is 7.11 Å². The third kappa shape index (κ3) is 10.3. The molecule has 1 aliphatic carbocycles. The molecule has 0 radical (unpaired) electrons. The Labute approximate surface area is 325 Å². The molecular weight excluding hydrogens is 711 g/mol. The molecule has 12 nitrogen and oxygen atoms in total. The Bertz CT molecular complexity index is 2160. The number of hydrogen-bond donors (Lipinski definition) is 6. The SMILES string of the molecule is COc1ccc(CCNC(=O)[C@@H](CC(=O)O)NC(=O)[C@H]2CCCC[C@@H]2C(=O)N[C@@H](Cc2c[nH]c3ccccc23)C(=O)NCCc2ccc3ccccc3c2)cc1. The number of carboxylic acid groups (broad SMARTS) is 1. The highest BCUT2D eigenvalue weighted by Crippen LogP contribution is 2.31. The van der Waals surface area contributed by atoms with E-state index in [9.17, 15) is 29.1 Å². The Morgan fingerprint density at radius 2 is 1.32 bits per heavy atom. The smallest absolute Gasteiger partial charge is 0.305 e. The quantitative estimate of drug-likeness (QED) is 0.0786. The molecule has 5 aromatic rings. The van der Waals surface area contributed by atoms with Crippen molar-refractivity contribution >= 4 is 51.3 Å². The summed E-state index contributed by atoms with van der Waals surface area (Å²) in [7, 11) is 1.58. The Morgan fingerprint density at radius 3 is 2.00 bits per heavy atom. The highest BCUT2D eigenvalue weighted by molar-refractivity contribution is 5.95. The molecule has 1 saturated carbocycles. The van der Waals surface area contributed by atoms with Crippen LogP contribution in [0, 0.1) is 11.8 Å². The van der Waals surface area contributed by atoms with Gasteiger partial charge in [-0.25, -0.2) is 0 Å². The molecular formula is C44H49N5O7. The fourth-order valence-corrected chi connectivity index (χ4v) is 7.52. The number of ether oxygens (including phenoxy) is 1. The van der Waals surface area contributed by atoms with Crippen LogP contribution in [0.5, 0.6) is 5.75 Å². The highest BCUT2D eigenvalue weighted by atomic mass is 16.5. The number of methoxy groups -OCH3 is 1. The minimum Gasteiger partial charge on any atom is -0.497 e. The Morgan fingerprint density at radius 1 is 0.732 bits per heavy atom. The molecule has 12 heteroatoms. The van der Waals surface area contributed by atoms with E-state index >= 15 is 0 Å². The van der Waals surface area contributed by atoms with Crippen LogP contribution in [0.15, 0.2) is 97.2 Å². The van der Waals surface area contributed by atoms with Crippen molar-refractivity contribution < 1.29 is 33.8 Å². The first-order chi connectivity index (χ1) is 27.2. The molecule has 1 aromatic heterocycles. The zero-order valence-corrected chi connectivity index (χ0v) is 31.5. The maximum absolute atomic E-state index is 14.1. The molecule has 4 amide bonds. The lowest BCUT2D eigenvalue weighted by Gasteiger charge is -2.32. The fourth-order valence-electron chi connectivity index (χ4n) is 7.52. The summed E-state index contributed by atoms with van der Waals surface area (Å²) in [6.07, 6.45) is 4.72. The van der Waals surface area contributed by atoms with Crippen molar-refractivity contribution in [2.24, 2.45) is 11.8 Å². The number of carboxylic acids is 1. The minimum atomic E-state index is -1.33. The van der Waals surface area contributed by atoms with Crippen molar-refractivity contribution in [1.29, 1.82) is 0 Å². The van der Waals surface area contributed by atoms with Crippen LogP contribution in [0.2, 0.25) is 0 Å². The molecule has 1 heterocycles. The van der Waals surface area contributed by atoms with E-state index in [0.29, 0.717) is 50.8 Å². The van der Waals surface area contributed by atoms with Crippen molar-refractivity contribution in [3.05, 3.63) is 114 Å². The lowest BCUT2D eigenvalue weighted by Crippen LogP contribution is -2.54. The fraction of sp³-hybridized carbons (Fsp3) is 0.341. The van der Waals surface area contributed by atoms with Gasteiger partial charge in [0.1, 0.15) is 17.8 Å². The van der Waals surface area contributed by atoms with Gasteiger partial charge in [0.05, 0.1) is 13.5 Å². The number of carbonyl (C=O) groups excluding carboxylic acids is 4. The number of para-hydroxylation sites is 1. The lowest BCUT2D eigenvalue weighted by atomic mass is 9.77. The van der Waals surface area contributed by atoms with Crippen molar-refractivity contribution in [2.45, 2.75) is 63.5 Å². The van der Waals surface area contributed by atoms with E-state index < -0.39 is 54.0 Å². The number of fused-ring (bicyclic) bond motifs is 2. The average molecular weight is 760 g/mol. The van der Waals surface area contributed by atoms with Crippen LogP contribution in [0.4, 0.5) is 0 Å². The summed E-state index contributed by atoms with van der Waals surface area (Å²) < 4.78 is 5.18. The first kappa shape index (κ1) is 39.5. The number of aromatic amines is 1. The molecule has 0 saturated heterocycles. The zero-order valence-electron chi connectivity index (χ0n) is 31.5. The normalized spacial score (nSPS) is 16.4. The van der Waals surface area contributed by atoms with E-state index in [0.717, 1.165) is 38.4 Å². The van der Waals surface area contributed by atoms with Gasteiger partial charge in [-0.15, -0.1) is 0 Å². The van der Waals surface area contributed by atoms with Gasteiger partial charge in [0.2, 0.25) is 23.6 Å². The second kappa shape index (κ2) is 18.9. The molecule has 4 aromatic carbocycles. The molecule has 1 aliphatic rings. The number of amides is 4. The first-order valence-corrected chi connectivity index (χ1v) is 19.2. The molecule has 6 rings (SSSR count). The maximum Gasteiger partial charge on any atom is 0.305 e. The van der Waals surface area contributed by atoms with Gasteiger partial charge in [0.15, 0.2) is 0 Å². The van der Waals surface area contributed by atoms with Crippen LogP contribution in [0.1, 0.15) is 48.8 Å². The van der Waals surface area contributed by atoms with E-state index in [1.807, 2.05) is 72.9 Å². The molecule has 6 N–H and O–H groups in total. The van der Waals surface area contributed by atoms with Gasteiger partial charge >= 0.3 is 5.97 Å². The standard InChI is InChI=1S/C44H49N5O7/c1-56-33-18-15-28(16-19-33)20-22-45-44(55)39(26-40(50)51)49-42(53)36-12-5-4-11-35(36)41(52)48-38(25-32-27-47-37-13-7-6-10-34(32)37)43(54)46-23-21-29-14-17-30-8-2-3-9-31(30)24-29/h2-3,6-10,13-19,24,27,35-36,38-39,47H,4-5,11-12,20-23,25-26H2,1H3,(H,45,55)(H,46,54)(H,48,52)(H,49,53)(H,50,51)/t35-,36-,38-,39+/m0/s1. The monoisotopic (exact) mass is 759 g/mol. The summed E-state index contributed by atoms with van der Waals surface area (Å²) >= 11 is 0. The third-order valence-electron chi connectivity index (χ3n) is 10.6. The summed E-state index contributed by atoms with van der Waals surface area (Å²) in [5.41, 5.74) is 3.80. The second-order valence-electron chi connectivity index (χ2n) is 14.4. The van der Waals surface area contributed by atoms with Crippen LogP contribution in [0.25, 0.3) is 21.7 Å². The number of benzene rings is 4. The van der Waals surface area contributed by atoms with Gasteiger partial charge in [0, 0.05) is 48.4 Å². The molecule has 0 aliphatic heterocycles. The van der Waals surface area contributed by atoms with Crippen LogP contribution >= 0.6 is 0 Å². The van der Waals surface area contributed by atoms with Gasteiger partial charge < -0.3 is 36.1 Å². The van der Waals surface area contributed by atoms with Gasteiger partial charge in [-0.3, -0.25) is 24.0 Å². The summed E-state index contributed by atoms with van der Waals surface area (Å²) in [5, 5.41) is 24.2. The third-order valence-corrected chi connectivity index (χ3v) is 10.6. The number of H-pyrrole nitrogens is 1. The summed E-state index contributed by atoms with van der Waals surface area (Å²) in [5.74, 6) is -4.07. The topological polar surface area (TPSA) is 179 Å². The number of aliphatic carboxylic acids is 1. The molecule has 4 atom stereocenters. The number of rotatable bonds is 17. The van der Waals surface area contributed by atoms with Crippen molar-refractivity contribution in [1.82, 2.24) is 26.3 Å². The van der Waals surface area contributed by atoms with Crippen LogP contribution in [-0.2, 0) is 43.2 Å². The Hall–Kier alpha value is -6.17. The van der Waals surface area contributed by atoms with Gasteiger partial charge in [0.25, 0.3) is 0 Å². The Balaban J connectivity index is 1.11. The van der Waals surface area contributed by atoms with Crippen LogP contribution in [0.3, 0.4) is 0 Å². The summed E-state index contributed by atoms with van der Waals surface area (Å²) in [4.78, 5) is 69.9. The zero-order chi connectivity index (χ0) is 39.4. The number of nitrogens with one attached hydrogen (secondary N) is 5.